The summed E-state index contributed by atoms with van der Waals surface area (Å²) in [4.78, 5) is 16.4. The molecule has 1 aromatic carbocycles. The van der Waals surface area contributed by atoms with Crippen LogP contribution in [0.5, 0.6) is 0 Å². The maximum atomic E-state index is 13.5. The molecule has 1 rings (SSSR count). The highest BCUT2D eigenvalue weighted by Crippen LogP contribution is 2.22. The zero-order valence-corrected chi connectivity index (χ0v) is 10.3. The molecule has 0 atom stereocenters. The van der Waals surface area contributed by atoms with Crippen molar-refractivity contribution in [1.29, 1.82) is 0 Å². The summed E-state index contributed by atoms with van der Waals surface area (Å²) in [7, 11) is 2.85. The predicted molar refractivity (Wildman–Crippen MR) is 57.9 cm³/mol. The number of halogens is 2. The van der Waals surface area contributed by atoms with E-state index in [4.69, 9.17) is 4.84 Å². The summed E-state index contributed by atoms with van der Waals surface area (Å²) in [6.07, 6.45) is 0. The standard InChI is InChI=1S/C10H11BrFNO2/c1-6-7(10(14)13(2)15-3)4-5-8(11)9(6)12/h4-5H,1-3H3. The quantitative estimate of drug-likeness (QED) is 0.777. The molecule has 3 nitrogen and oxygen atoms in total. The van der Waals surface area contributed by atoms with E-state index in [0.717, 1.165) is 5.06 Å². The van der Waals surface area contributed by atoms with Crippen LogP contribution in [0.25, 0.3) is 0 Å². The number of carbonyl (C=O) groups excluding carboxylic acids is 1. The Morgan fingerprint density at radius 3 is 2.67 bits per heavy atom. The van der Waals surface area contributed by atoms with E-state index in [9.17, 15) is 9.18 Å². The van der Waals surface area contributed by atoms with Crippen molar-refractivity contribution < 1.29 is 14.0 Å². The molecular weight excluding hydrogens is 265 g/mol. The second-order valence-electron chi connectivity index (χ2n) is 3.02. The zero-order valence-electron chi connectivity index (χ0n) is 8.67. The molecule has 0 aromatic heterocycles. The third-order valence-corrected chi connectivity index (χ3v) is 2.74. The first kappa shape index (κ1) is 12.1. The van der Waals surface area contributed by atoms with Gasteiger partial charge in [0.1, 0.15) is 5.82 Å². The maximum Gasteiger partial charge on any atom is 0.277 e. The van der Waals surface area contributed by atoms with Crippen molar-refractivity contribution in [2.45, 2.75) is 6.92 Å². The average molecular weight is 276 g/mol. The van der Waals surface area contributed by atoms with Crippen molar-refractivity contribution in [3.05, 3.63) is 33.5 Å². The molecule has 0 saturated carbocycles. The van der Waals surface area contributed by atoms with Gasteiger partial charge in [0.25, 0.3) is 5.91 Å². The van der Waals surface area contributed by atoms with Gasteiger partial charge in [-0.1, -0.05) is 0 Å². The number of carbonyl (C=O) groups is 1. The van der Waals surface area contributed by atoms with E-state index in [1.54, 1.807) is 13.0 Å². The van der Waals surface area contributed by atoms with Crippen molar-refractivity contribution in [2.24, 2.45) is 0 Å². The fourth-order valence-corrected chi connectivity index (χ4v) is 1.57. The summed E-state index contributed by atoms with van der Waals surface area (Å²) in [5, 5.41) is 1.05. The van der Waals surface area contributed by atoms with Gasteiger partial charge < -0.3 is 0 Å². The highest BCUT2D eigenvalue weighted by molar-refractivity contribution is 9.10. The van der Waals surface area contributed by atoms with E-state index in [-0.39, 0.29) is 5.91 Å². The van der Waals surface area contributed by atoms with E-state index in [0.29, 0.717) is 15.6 Å². The number of benzene rings is 1. The molecule has 15 heavy (non-hydrogen) atoms. The molecule has 0 aliphatic heterocycles. The number of hydrogen-bond acceptors (Lipinski definition) is 2. The SMILES string of the molecule is CON(C)C(=O)c1ccc(Br)c(F)c1C. The Morgan fingerprint density at radius 1 is 1.53 bits per heavy atom. The molecule has 0 radical (unpaired) electrons. The number of rotatable bonds is 2. The summed E-state index contributed by atoms with van der Waals surface area (Å²) in [6.45, 7) is 1.55. The van der Waals surface area contributed by atoms with Crippen molar-refractivity contribution in [3.8, 4) is 0 Å². The largest absolute Gasteiger partial charge is 0.277 e. The third kappa shape index (κ3) is 2.35. The van der Waals surface area contributed by atoms with Gasteiger partial charge in [0.05, 0.1) is 11.6 Å². The molecule has 1 aromatic rings. The van der Waals surface area contributed by atoms with Gasteiger partial charge in [-0.25, -0.2) is 9.45 Å². The van der Waals surface area contributed by atoms with Gasteiger partial charge in [-0.15, -0.1) is 0 Å². The maximum absolute atomic E-state index is 13.5. The second-order valence-corrected chi connectivity index (χ2v) is 3.87. The molecule has 0 fully saturated rings. The van der Waals surface area contributed by atoms with Gasteiger partial charge in [0.15, 0.2) is 0 Å². The Kier molecular flexibility index (Phi) is 3.82. The number of hydroxylamine groups is 2. The summed E-state index contributed by atoms with van der Waals surface area (Å²) in [6, 6.07) is 3.05. The Bertz CT molecular complexity index is 395. The van der Waals surface area contributed by atoms with Crippen LogP contribution in [0.1, 0.15) is 15.9 Å². The molecule has 0 heterocycles. The van der Waals surface area contributed by atoms with Gasteiger partial charge in [-0.05, 0) is 40.5 Å². The van der Waals surface area contributed by atoms with Crippen LogP contribution in [-0.2, 0) is 4.84 Å². The van der Waals surface area contributed by atoms with Gasteiger partial charge in [0, 0.05) is 12.6 Å². The first-order valence-electron chi connectivity index (χ1n) is 4.25. The molecular formula is C10H11BrFNO2. The van der Waals surface area contributed by atoms with Gasteiger partial charge >= 0.3 is 0 Å². The first-order valence-corrected chi connectivity index (χ1v) is 5.05. The molecule has 0 spiro atoms. The lowest BCUT2D eigenvalue weighted by Crippen LogP contribution is -2.26. The number of amides is 1. The van der Waals surface area contributed by atoms with E-state index < -0.39 is 5.82 Å². The van der Waals surface area contributed by atoms with Crippen LogP contribution < -0.4 is 0 Å². The molecule has 0 bridgehead atoms. The number of hydrogen-bond donors (Lipinski definition) is 0. The van der Waals surface area contributed by atoms with E-state index >= 15 is 0 Å². The summed E-state index contributed by atoms with van der Waals surface area (Å²) < 4.78 is 13.8. The van der Waals surface area contributed by atoms with Crippen LogP contribution >= 0.6 is 15.9 Å². The van der Waals surface area contributed by atoms with Crippen molar-refractivity contribution >= 4 is 21.8 Å². The topological polar surface area (TPSA) is 29.5 Å². The van der Waals surface area contributed by atoms with Crippen molar-refractivity contribution in [2.75, 3.05) is 14.2 Å². The average Bonchev–Trinajstić information content (AvgIpc) is 2.24. The van der Waals surface area contributed by atoms with Crippen LogP contribution in [0.2, 0.25) is 0 Å². The minimum absolute atomic E-state index is 0.292. The van der Waals surface area contributed by atoms with Gasteiger partial charge in [-0.3, -0.25) is 9.63 Å². The molecule has 1 amide bonds. The van der Waals surface area contributed by atoms with E-state index in [1.165, 1.54) is 20.2 Å². The van der Waals surface area contributed by atoms with Crippen molar-refractivity contribution in [1.82, 2.24) is 5.06 Å². The molecule has 0 saturated heterocycles. The van der Waals surface area contributed by atoms with Crippen LogP contribution in [0.15, 0.2) is 16.6 Å². The fraction of sp³-hybridized carbons (Fsp3) is 0.300. The highest BCUT2D eigenvalue weighted by Gasteiger charge is 2.17. The van der Waals surface area contributed by atoms with Crippen LogP contribution in [0, 0.1) is 12.7 Å². The Balaban J connectivity index is 3.16. The summed E-state index contributed by atoms with van der Waals surface area (Å²) >= 11 is 3.05. The molecule has 0 N–H and O–H groups in total. The van der Waals surface area contributed by atoms with Crippen LogP contribution in [0.3, 0.4) is 0 Å². The molecule has 0 aliphatic rings. The zero-order chi connectivity index (χ0) is 11.6. The van der Waals surface area contributed by atoms with Crippen LogP contribution in [0.4, 0.5) is 4.39 Å². The second kappa shape index (κ2) is 4.72. The van der Waals surface area contributed by atoms with Gasteiger partial charge in [0.2, 0.25) is 0 Å². The van der Waals surface area contributed by atoms with Crippen molar-refractivity contribution in [3.63, 3.8) is 0 Å². The lowest BCUT2D eigenvalue weighted by molar-refractivity contribution is -0.0757. The van der Waals surface area contributed by atoms with E-state index in [2.05, 4.69) is 15.9 Å². The normalized spacial score (nSPS) is 10.2. The molecule has 0 unspecified atom stereocenters. The smallest absolute Gasteiger partial charge is 0.274 e. The summed E-state index contributed by atoms with van der Waals surface area (Å²) in [5.74, 6) is -0.799. The van der Waals surface area contributed by atoms with Gasteiger partial charge in [-0.2, -0.15) is 0 Å². The molecule has 82 valence electrons. The molecule has 5 heteroatoms. The third-order valence-electron chi connectivity index (χ3n) is 2.13. The predicted octanol–water partition coefficient (Wildman–Crippen LogP) is 2.53. The minimum Gasteiger partial charge on any atom is -0.274 e. The summed E-state index contributed by atoms with van der Waals surface area (Å²) in [5.41, 5.74) is 0.596. The Morgan fingerprint density at radius 2 is 2.13 bits per heavy atom. The fourth-order valence-electron chi connectivity index (χ4n) is 1.14. The highest BCUT2D eigenvalue weighted by atomic mass is 79.9. The minimum atomic E-state index is -0.426. The lowest BCUT2D eigenvalue weighted by Gasteiger charge is -2.15. The monoisotopic (exact) mass is 275 g/mol. The Hall–Kier alpha value is -0.940. The van der Waals surface area contributed by atoms with Crippen LogP contribution in [-0.4, -0.2) is 25.1 Å². The number of nitrogens with zero attached hydrogens (tertiary/aromatic N) is 1. The molecule has 0 aliphatic carbocycles. The Labute approximate surface area is 95.9 Å². The first-order chi connectivity index (χ1) is 6.99. The van der Waals surface area contributed by atoms with E-state index in [1.807, 2.05) is 0 Å². The lowest BCUT2D eigenvalue weighted by atomic mass is 10.1.